The molecule has 1 aliphatic rings. The summed E-state index contributed by atoms with van der Waals surface area (Å²) >= 11 is 0. The van der Waals surface area contributed by atoms with Gasteiger partial charge in [0.2, 0.25) is 0 Å². The summed E-state index contributed by atoms with van der Waals surface area (Å²) in [7, 11) is 1.30. The molecule has 2 aromatic carbocycles. The molecule has 3 N–H and O–H groups in total. The molecule has 0 bridgehead atoms. The number of benzene rings is 2. The number of carbonyl (C=O) groups excluding carboxylic acids is 1. The van der Waals surface area contributed by atoms with Crippen LogP contribution >= 0.6 is 0 Å². The molecule has 0 spiro atoms. The number of rotatable bonds is 7. The number of aliphatic hydroxyl groups is 3. The lowest BCUT2D eigenvalue weighted by Gasteiger charge is -2.39. The molecule has 8 heteroatoms. The Morgan fingerprint density at radius 1 is 1.00 bits per heavy atom. The van der Waals surface area contributed by atoms with Crippen LogP contribution in [-0.2, 0) is 20.8 Å². The minimum absolute atomic E-state index is 0.312. The Bertz CT molecular complexity index is 859. The van der Waals surface area contributed by atoms with Crippen LogP contribution in [0.3, 0.4) is 0 Å². The van der Waals surface area contributed by atoms with Gasteiger partial charge in [-0.05, 0) is 42.7 Å². The van der Waals surface area contributed by atoms with Gasteiger partial charge in [-0.3, -0.25) is 0 Å². The molecule has 2 aromatic rings. The molecule has 1 heterocycles. The van der Waals surface area contributed by atoms with E-state index in [-0.39, 0.29) is 6.61 Å². The smallest absolute Gasteiger partial charge is 0.338 e. The molecule has 0 saturated carbocycles. The number of hydrogen-bond donors (Lipinski definition) is 3. The van der Waals surface area contributed by atoms with E-state index in [1.165, 1.54) is 7.11 Å². The van der Waals surface area contributed by atoms with Crippen molar-refractivity contribution in [2.45, 2.75) is 51.2 Å². The molecule has 8 nitrogen and oxygen atoms in total. The van der Waals surface area contributed by atoms with Gasteiger partial charge in [-0.15, -0.1) is 0 Å². The van der Waals surface area contributed by atoms with Crippen molar-refractivity contribution in [3.8, 4) is 5.75 Å². The standard InChI is InChI=1S/C23H28O8/c1-13-9-16(10-14(2)21(13)29-11-15-7-5-4-6-8-15)22(27)30-12-17-18(24)19(25)20(26)23(28-3)31-17/h4-10,17-20,23-26H,11-12H2,1-3H3/t17-,18-,19+,20-,23-/m1/s1. The largest absolute Gasteiger partial charge is 0.488 e. The molecular formula is C23H28O8. The van der Waals surface area contributed by atoms with Crippen molar-refractivity contribution < 1.29 is 39.1 Å². The summed E-state index contributed by atoms with van der Waals surface area (Å²) in [6.07, 6.45) is -6.48. The van der Waals surface area contributed by atoms with Gasteiger partial charge in [0.05, 0.1) is 5.56 Å². The van der Waals surface area contributed by atoms with Crippen LogP contribution in [0, 0.1) is 13.8 Å². The van der Waals surface area contributed by atoms with Crippen LogP contribution in [0.1, 0.15) is 27.0 Å². The van der Waals surface area contributed by atoms with Crippen LogP contribution in [0.2, 0.25) is 0 Å². The van der Waals surface area contributed by atoms with Gasteiger partial charge in [-0.25, -0.2) is 4.79 Å². The summed E-state index contributed by atoms with van der Waals surface area (Å²) in [5.41, 5.74) is 2.94. The lowest BCUT2D eigenvalue weighted by molar-refractivity contribution is -0.294. The van der Waals surface area contributed by atoms with Gasteiger partial charge in [-0.1, -0.05) is 30.3 Å². The van der Waals surface area contributed by atoms with E-state index >= 15 is 0 Å². The van der Waals surface area contributed by atoms with Gasteiger partial charge < -0.3 is 34.3 Å². The molecule has 1 saturated heterocycles. The second kappa shape index (κ2) is 10.2. The molecule has 1 aliphatic heterocycles. The molecule has 168 valence electrons. The van der Waals surface area contributed by atoms with E-state index in [9.17, 15) is 20.1 Å². The molecule has 0 radical (unpaired) electrons. The molecule has 5 atom stereocenters. The summed E-state index contributed by atoms with van der Waals surface area (Å²) < 4.78 is 21.5. The number of aryl methyl sites for hydroxylation is 2. The van der Waals surface area contributed by atoms with E-state index < -0.39 is 36.7 Å². The molecule has 3 rings (SSSR count). The highest BCUT2D eigenvalue weighted by Crippen LogP contribution is 2.27. The number of aliphatic hydroxyl groups excluding tert-OH is 3. The Balaban J connectivity index is 1.63. The SMILES string of the molecule is CO[C@@H]1O[C@H](COC(=O)c2cc(C)c(OCc3ccccc3)c(C)c2)[C@@H](O)[C@H](O)[C@H]1O. The quantitative estimate of drug-likeness (QED) is 0.564. The number of ether oxygens (including phenoxy) is 4. The van der Waals surface area contributed by atoms with Crippen molar-refractivity contribution >= 4 is 5.97 Å². The average molecular weight is 432 g/mol. The number of hydrogen-bond acceptors (Lipinski definition) is 8. The molecular weight excluding hydrogens is 404 g/mol. The van der Waals surface area contributed by atoms with Crippen LogP contribution in [0.5, 0.6) is 5.75 Å². The predicted octanol–water partition coefficient (Wildman–Crippen LogP) is 1.49. The Labute approximate surface area is 180 Å². The molecule has 0 amide bonds. The highest BCUT2D eigenvalue weighted by atomic mass is 16.7. The normalized spacial score (nSPS) is 25.8. The van der Waals surface area contributed by atoms with Gasteiger partial charge in [0.1, 0.15) is 43.4 Å². The zero-order valence-corrected chi connectivity index (χ0v) is 17.7. The summed E-state index contributed by atoms with van der Waals surface area (Å²) in [6.45, 7) is 3.80. The van der Waals surface area contributed by atoms with Crippen LogP contribution in [-0.4, -0.2) is 65.7 Å². The van der Waals surface area contributed by atoms with E-state index in [1.807, 2.05) is 44.2 Å². The van der Waals surface area contributed by atoms with Crippen molar-refractivity contribution in [1.82, 2.24) is 0 Å². The number of methoxy groups -OCH3 is 1. The van der Waals surface area contributed by atoms with Gasteiger partial charge in [0.25, 0.3) is 0 Å². The first kappa shape index (κ1) is 23.2. The minimum Gasteiger partial charge on any atom is -0.488 e. The lowest BCUT2D eigenvalue weighted by atomic mass is 9.99. The maximum absolute atomic E-state index is 12.5. The maximum atomic E-state index is 12.5. The zero-order valence-electron chi connectivity index (χ0n) is 17.7. The fourth-order valence-corrected chi connectivity index (χ4v) is 3.52. The summed E-state index contributed by atoms with van der Waals surface area (Å²) in [4.78, 5) is 12.5. The van der Waals surface area contributed by atoms with Crippen molar-refractivity contribution in [2.24, 2.45) is 0 Å². The molecule has 1 fully saturated rings. The Hall–Kier alpha value is -2.49. The minimum atomic E-state index is -1.48. The van der Waals surface area contributed by atoms with Crippen LogP contribution in [0.4, 0.5) is 0 Å². The molecule has 31 heavy (non-hydrogen) atoms. The molecule has 0 aliphatic carbocycles. The zero-order chi connectivity index (χ0) is 22.5. The Kier molecular flexibility index (Phi) is 7.64. The second-order valence-electron chi connectivity index (χ2n) is 7.56. The molecule has 0 aromatic heterocycles. The van der Waals surface area contributed by atoms with Crippen molar-refractivity contribution in [3.63, 3.8) is 0 Å². The first-order chi connectivity index (χ1) is 14.8. The summed E-state index contributed by atoms with van der Waals surface area (Å²) in [5.74, 6) is 0.0951. The highest BCUT2D eigenvalue weighted by molar-refractivity contribution is 5.90. The Morgan fingerprint density at radius 3 is 2.26 bits per heavy atom. The van der Waals surface area contributed by atoms with Gasteiger partial charge >= 0.3 is 5.97 Å². The third kappa shape index (κ3) is 5.41. The summed E-state index contributed by atoms with van der Waals surface area (Å²) in [6, 6.07) is 13.1. The first-order valence-electron chi connectivity index (χ1n) is 9.99. The van der Waals surface area contributed by atoms with Crippen LogP contribution in [0.15, 0.2) is 42.5 Å². The van der Waals surface area contributed by atoms with E-state index in [4.69, 9.17) is 18.9 Å². The first-order valence-corrected chi connectivity index (χ1v) is 9.99. The van der Waals surface area contributed by atoms with Gasteiger partial charge in [0, 0.05) is 7.11 Å². The van der Waals surface area contributed by atoms with E-state index in [2.05, 4.69) is 0 Å². The van der Waals surface area contributed by atoms with E-state index in [0.29, 0.717) is 17.9 Å². The summed E-state index contributed by atoms with van der Waals surface area (Å²) in [5, 5.41) is 29.8. The second-order valence-corrected chi connectivity index (χ2v) is 7.56. The average Bonchev–Trinajstić information content (AvgIpc) is 2.77. The van der Waals surface area contributed by atoms with E-state index in [0.717, 1.165) is 16.7 Å². The lowest BCUT2D eigenvalue weighted by Crippen LogP contribution is -2.59. The highest BCUT2D eigenvalue weighted by Gasteiger charge is 2.44. The fourth-order valence-electron chi connectivity index (χ4n) is 3.52. The van der Waals surface area contributed by atoms with Crippen molar-refractivity contribution in [3.05, 3.63) is 64.7 Å². The van der Waals surface area contributed by atoms with E-state index in [1.54, 1.807) is 12.1 Å². The predicted molar refractivity (Wildman–Crippen MR) is 111 cm³/mol. The molecule has 0 unspecified atom stereocenters. The fraction of sp³-hybridized carbons (Fsp3) is 0.435. The third-order valence-corrected chi connectivity index (χ3v) is 5.20. The Morgan fingerprint density at radius 2 is 1.65 bits per heavy atom. The van der Waals surface area contributed by atoms with Crippen LogP contribution in [0.25, 0.3) is 0 Å². The topological polar surface area (TPSA) is 115 Å². The van der Waals surface area contributed by atoms with Gasteiger partial charge in [0.15, 0.2) is 6.29 Å². The van der Waals surface area contributed by atoms with Crippen molar-refractivity contribution in [1.29, 1.82) is 0 Å². The number of esters is 1. The van der Waals surface area contributed by atoms with Crippen molar-refractivity contribution in [2.75, 3.05) is 13.7 Å². The third-order valence-electron chi connectivity index (χ3n) is 5.20. The van der Waals surface area contributed by atoms with Gasteiger partial charge in [-0.2, -0.15) is 0 Å². The van der Waals surface area contributed by atoms with Crippen LogP contribution < -0.4 is 4.74 Å². The maximum Gasteiger partial charge on any atom is 0.338 e. The number of carbonyl (C=O) groups is 1. The monoisotopic (exact) mass is 432 g/mol.